The normalized spacial score (nSPS) is 10.5. The van der Waals surface area contributed by atoms with E-state index < -0.39 is 0 Å². The molecule has 0 atom stereocenters. The van der Waals surface area contributed by atoms with Crippen molar-refractivity contribution in [1.82, 2.24) is 10.2 Å². The van der Waals surface area contributed by atoms with Gasteiger partial charge in [-0.25, -0.2) is 0 Å². The summed E-state index contributed by atoms with van der Waals surface area (Å²) >= 11 is 3.49. The molecule has 5 nitrogen and oxygen atoms in total. The Kier molecular flexibility index (Phi) is 4.90. The van der Waals surface area contributed by atoms with Crippen molar-refractivity contribution in [2.24, 2.45) is 5.92 Å². The number of anilines is 3. The first-order valence-electron chi connectivity index (χ1n) is 6.63. The lowest BCUT2D eigenvalue weighted by atomic mass is 10.2. The fourth-order valence-corrected chi connectivity index (χ4v) is 1.93. The van der Waals surface area contributed by atoms with Crippen LogP contribution in [0.3, 0.4) is 0 Å². The van der Waals surface area contributed by atoms with Gasteiger partial charge in [0.25, 0.3) is 0 Å². The van der Waals surface area contributed by atoms with Crippen LogP contribution >= 0.6 is 15.9 Å². The molecule has 1 aromatic carbocycles. The molecule has 0 aliphatic carbocycles. The van der Waals surface area contributed by atoms with Crippen LogP contribution in [0, 0.1) is 12.8 Å². The van der Waals surface area contributed by atoms with E-state index in [0.29, 0.717) is 11.6 Å². The quantitative estimate of drug-likeness (QED) is 0.879. The Bertz CT molecular complexity index is 641. The van der Waals surface area contributed by atoms with E-state index in [1.807, 2.05) is 39.0 Å². The van der Waals surface area contributed by atoms with Crippen molar-refractivity contribution in [2.75, 3.05) is 10.6 Å². The molecule has 1 amide bonds. The zero-order valence-corrected chi connectivity index (χ0v) is 13.7. The van der Waals surface area contributed by atoms with E-state index in [-0.39, 0.29) is 11.8 Å². The van der Waals surface area contributed by atoms with Crippen LogP contribution in [-0.4, -0.2) is 16.1 Å². The highest BCUT2D eigenvalue weighted by Crippen LogP contribution is 2.22. The molecule has 1 aromatic heterocycles. The van der Waals surface area contributed by atoms with Gasteiger partial charge in [0.1, 0.15) is 0 Å². The summed E-state index contributed by atoms with van der Waals surface area (Å²) in [5, 5.41) is 13.9. The van der Waals surface area contributed by atoms with Crippen molar-refractivity contribution in [3.63, 3.8) is 0 Å². The number of benzene rings is 1. The molecule has 2 rings (SSSR count). The fourth-order valence-electron chi connectivity index (χ4n) is 1.55. The smallest absolute Gasteiger partial charge is 0.228 e. The molecule has 110 valence electrons. The standard InChI is InChI=1S/C15H17BrN4O/c1-9(2)15(21)18-14-7-6-13(19-20-14)17-11-5-4-10(3)12(16)8-11/h4-9H,1-3H3,(H,17,19)(H,18,20,21). The zero-order valence-electron chi connectivity index (χ0n) is 12.1. The van der Waals surface area contributed by atoms with Gasteiger partial charge in [-0.1, -0.05) is 35.8 Å². The number of carbonyl (C=O) groups is 1. The molecule has 21 heavy (non-hydrogen) atoms. The Morgan fingerprint density at radius 1 is 1.14 bits per heavy atom. The van der Waals surface area contributed by atoms with Gasteiger partial charge in [-0.2, -0.15) is 0 Å². The van der Waals surface area contributed by atoms with E-state index in [0.717, 1.165) is 10.2 Å². The van der Waals surface area contributed by atoms with Gasteiger partial charge in [-0.05, 0) is 36.8 Å². The summed E-state index contributed by atoms with van der Waals surface area (Å²) in [4.78, 5) is 11.6. The molecule has 6 heteroatoms. The molecule has 0 saturated heterocycles. The summed E-state index contributed by atoms with van der Waals surface area (Å²) in [6, 6.07) is 9.45. The van der Waals surface area contributed by atoms with Crippen molar-refractivity contribution in [3.8, 4) is 0 Å². The van der Waals surface area contributed by atoms with Crippen LogP contribution in [0.5, 0.6) is 0 Å². The molecule has 1 heterocycles. The number of hydrogen-bond donors (Lipinski definition) is 2. The van der Waals surface area contributed by atoms with Crippen molar-refractivity contribution >= 4 is 39.2 Å². The molecule has 2 N–H and O–H groups in total. The van der Waals surface area contributed by atoms with E-state index in [1.165, 1.54) is 5.56 Å². The van der Waals surface area contributed by atoms with Crippen LogP contribution in [0.1, 0.15) is 19.4 Å². The molecule has 0 saturated carbocycles. The zero-order chi connectivity index (χ0) is 15.4. The molecule has 0 radical (unpaired) electrons. The van der Waals surface area contributed by atoms with Gasteiger partial charge >= 0.3 is 0 Å². The molecule has 0 spiro atoms. The third kappa shape index (κ3) is 4.26. The summed E-state index contributed by atoms with van der Waals surface area (Å²) < 4.78 is 1.03. The van der Waals surface area contributed by atoms with E-state index in [2.05, 4.69) is 36.8 Å². The minimum absolute atomic E-state index is 0.0764. The third-order valence-corrected chi connectivity index (χ3v) is 3.74. The predicted octanol–water partition coefficient (Wildman–Crippen LogP) is 3.89. The van der Waals surface area contributed by atoms with Gasteiger partial charge in [0.05, 0.1) is 0 Å². The van der Waals surface area contributed by atoms with Gasteiger partial charge < -0.3 is 10.6 Å². The highest BCUT2D eigenvalue weighted by Gasteiger charge is 2.08. The Morgan fingerprint density at radius 3 is 2.38 bits per heavy atom. The minimum Gasteiger partial charge on any atom is -0.339 e. The monoisotopic (exact) mass is 348 g/mol. The van der Waals surface area contributed by atoms with Gasteiger partial charge in [0.2, 0.25) is 5.91 Å². The van der Waals surface area contributed by atoms with Crippen LogP contribution in [0.15, 0.2) is 34.8 Å². The summed E-state index contributed by atoms with van der Waals surface area (Å²) in [5.41, 5.74) is 2.08. The second kappa shape index (κ2) is 6.67. The van der Waals surface area contributed by atoms with Crippen molar-refractivity contribution in [3.05, 3.63) is 40.4 Å². The number of carbonyl (C=O) groups excluding carboxylic acids is 1. The molecule has 0 bridgehead atoms. The lowest BCUT2D eigenvalue weighted by molar-refractivity contribution is -0.118. The topological polar surface area (TPSA) is 66.9 Å². The second-order valence-electron chi connectivity index (χ2n) is 5.04. The molecule has 2 aromatic rings. The number of aromatic nitrogens is 2. The van der Waals surface area contributed by atoms with Crippen molar-refractivity contribution in [1.29, 1.82) is 0 Å². The van der Waals surface area contributed by atoms with E-state index in [1.54, 1.807) is 12.1 Å². The number of halogens is 1. The first-order chi connectivity index (χ1) is 9.95. The number of nitrogens with zero attached hydrogens (tertiary/aromatic N) is 2. The molecular formula is C15H17BrN4O. The van der Waals surface area contributed by atoms with Crippen molar-refractivity contribution in [2.45, 2.75) is 20.8 Å². The van der Waals surface area contributed by atoms with Crippen LogP contribution < -0.4 is 10.6 Å². The maximum absolute atomic E-state index is 11.6. The Morgan fingerprint density at radius 2 is 1.81 bits per heavy atom. The number of hydrogen-bond acceptors (Lipinski definition) is 4. The van der Waals surface area contributed by atoms with Gasteiger partial charge in [0.15, 0.2) is 11.6 Å². The number of rotatable bonds is 4. The van der Waals surface area contributed by atoms with Crippen LogP contribution in [0.4, 0.5) is 17.3 Å². The Hall–Kier alpha value is -1.95. The average Bonchev–Trinajstić information content (AvgIpc) is 2.45. The number of amides is 1. The number of aryl methyl sites for hydroxylation is 1. The summed E-state index contributed by atoms with van der Waals surface area (Å²) in [7, 11) is 0. The van der Waals surface area contributed by atoms with Crippen molar-refractivity contribution < 1.29 is 4.79 Å². The lowest BCUT2D eigenvalue weighted by Gasteiger charge is -2.09. The van der Waals surface area contributed by atoms with Gasteiger partial charge in [-0.3, -0.25) is 4.79 Å². The Labute approximate surface area is 132 Å². The second-order valence-corrected chi connectivity index (χ2v) is 5.89. The average molecular weight is 349 g/mol. The van der Waals surface area contributed by atoms with Gasteiger partial charge in [0, 0.05) is 16.1 Å². The molecule has 0 aliphatic heterocycles. The summed E-state index contributed by atoms with van der Waals surface area (Å²) in [6.45, 7) is 5.68. The Balaban J connectivity index is 2.05. The summed E-state index contributed by atoms with van der Waals surface area (Å²) in [5.74, 6) is 0.902. The van der Waals surface area contributed by atoms with E-state index in [9.17, 15) is 4.79 Å². The van der Waals surface area contributed by atoms with Gasteiger partial charge in [-0.15, -0.1) is 10.2 Å². The largest absolute Gasteiger partial charge is 0.339 e. The first-order valence-corrected chi connectivity index (χ1v) is 7.43. The summed E-state index contributed by atoms with van der Waals surface area (Å²) in [6.07, 6.45) is 0. The molecule has 0 fully saturated rings. The third-order valence-electron chi connectivity index (χ3n) is 2.88. The maximum atomic E-state index is 11.6. The van der Waals surface area contributed by atoms with Crippen LogP contribution in [-0.2, 0) is 4.79 Å². The predicted molar refractivity (Wildman–Crippen MR) is 87.7 cm³/mol. The van der Waals surface area contributed by atoms with Crippen LogP contribution in [0.25, 0.3) is 0 Å². The highest BCUT2D eigenvalue weighted by atomic mass is 79.9. The highest BCUT2D eigenvalue weighted by molar-refractivity contribution is 9.10. The fraction of sp³-hybridized carbons (Fsp3) is 0.267. The van der Waals surface area contributed by atoms with E-state index in [4.69, 9.17) is 0 Å². The molecular weight excluding hydrogens is 332 g/mol. The van der Waals surface area contributed by atoms with E-state index >= 15 is 0 Å². The number of nitrogens with one attached hydrogen (secondary N) is 2. The first kappa shape index (κ1) is 15.4. The minimum atomic E-state index is -0.0884. The molecule has 0 unspecified atom stereocenters. The van der Waals surface area contributed by atoms with Crippen LogP contribution in [0.2, 0.25) is 0 Å². The maximum Gasteiger partial charge on any atom is 0.228 e. The molecule has 0 aliphatic rings. The SMILES string of the molecule is Cc1ccc(Nc2ccc(NC(=O)C(C)C)nn2)cc1Br. The lowest BCUT2D eigenvalue weighted by Crippen LogP contribution is -2.18.